The molecule has 1 aliphatic heterocycles. The van der Waals surface area contributed by atoms with E-state index in [1.54, 1.807) is 0 Å². The second kappa shape index (κ2) is 3.76. The number of likely N-dealkylation sites (N-methyl/N-ethyl adjacent to an activating group) is 1. The second-order valence-corrected chi connectivity index (χ2v) is 5.55. The van der Waals surface area contributed by atoms with Crippen molar-refractivity contribution in [2.75, 3.05) is 7.05 Å². The van der Waals surface area contributed by atoms with Crippen LogP contribution in [-0.4, -0.2) is 22.6 Å². The highest BCUT2D eigenvalue weighted by atomic mass is 35.5. The summed E-state index contributed by atoms with van der Waals surface area (Å²) >= 11 is 6.09. The summed E-state index contributed by atoms with van der Waals surface area (Å²) in [5.74, 6) is 0. The molecule has 0 aliphatic carbocycles. The van der Waals surface area contributed by atoms with Gasteiger partial charge in [-0.15, -0.1) is 0 Å². The molecule has 1 aliphatic rings. The molecule has 2 aromatic rings. The van der Waals surface area contributed by atoms with Crippen LogP contribution in [0.25, 0.3) is 10.9 Å². The van der Waals surface area contributed by atoms with Crippen molar-refractivity contribution in [3.8, 4) is 0 Å². The smallest absolute Gasteiger partial charge is 0.0753 e. The first-order chi connectivity index (χ1) is 8.08. The van der Waals surface area contributed by atoms with E-state index < -0.39 is 0 Å². The van der Waals surface area contributed by atoms with Gasteiger partial charge in [-0.25, -0.2) is 0 Å². The van der Waals surface area contributed by atoms with Crippen LogP contribution in [0.5, 0.6) is 0 Å². The predicted molar refractivity (Wildman–Crippen MR) is 72.6 cm³/mol. The number of hydrogen-bond donors (Lipinski definition) is 0. The lowest BCUT2D eigenvalue weighted by atomic mass is 10.1. The van der Waals surface area contributed by atoms with Crippen LogP contribution in [0.1, 0.15) is 18.2 Å². The number of rotatable bonds is 0. The standard InChI is InChI=1S/C14H17ClN2/c1-9-6-14-10(2)12-7-11(15)4-5-13(12)17(14)8-16(9)3/h4-5,7,9H,6,8H2,1-3H3. The monoisotopic (exact) mass is 248 g/mol. The Morgan fingerprint density at radius 1 is 1.35 bits per heavy atom. The summed E-state index contributed by atoms with van der Waals surface area (Å²) in [6, 6.07) is 6.82. The van der Waals surface area contributed by atoms with E-state index in [-0.39, 0.29) is 0 Å². The third kappa shape index (κ3) is 1.59. The molecular formula is C14H17ClN2. The molecule has 2 nitrogen and oxygen atoms in total. The maximum absolute atomic E-state index is 6.09. The Morgan fingerprint density at radius 3 is 2.88 bits per heavy atom. The van der Waals surface area contributed by atoms with Crippen molar-refractivity contribution in [2.24, 2.45) is 0 Å². The normalized spacial score (nSPS) is 20.8. The quantitative estimate of drug-likeness (QED) is 0.694. The maximum Gasteiger partial charge on any atom is 0.0753 e. The molecule has 2 heterocycles. The van der Waals surface area contributed by atoms with Gasteiger partial charge in [0.15, 0.2) is 0 Å². The van der Waals surface area contributed by atoms with Crippen LogP contribution in [0.3, 0.4) is 0 Å². The number of aryl methyl sites for hydroxylation is 1. The Labute approximate surface area is 107 Å². The van der Waals surface area contributed by atoms with E-state index in [0.29, 0.717) is 6.04 Å². The second-order valence-electron chi connectivity index (χ2n) is 5.11. The van der Waals surface area contributed by atoms with Gasteiger partial charge in [0.25, 0.3) is 0 Å². The van der Waals surface area contributed by atoms with Crippen LogP contribution in [0, 0.1) is 6.92 Å². The highest BCUT2D eigenvalue weighted by Gasteiger charge is 2.24. The summed E-state index contributed by atoms with van der Waals surface area (Å²) < 4.78 is 2.42. The van der Waals surface area contributed by atoms with E-state index in [2.05, 4.69) is 42.5 Å². The Balaban J connectivity index is 2.28. The van der Waals surface area contributed by atoms with Gasteiger partial charge in [0.1, 0.15) is 0 Å². The maximum atomic E-state index is 6.09. The van der Waals surface area contributed by atoms with Crippen molar-refractivity contribution in [3.05, 3.63) is 34.5 Å². The Bertz CT molecular complexity index is 585. The molecule has 0 saturated heterocycles. The van der Waals surface area contributed by atoms with Gasteiger partial charge in [-0.3, -0.25) is 4.90 Å². The largest absolute Gasteiger partial charge is 0.331 e. The SMILES string of the molecule is Cc1c2n(c3ccc(Cl)cc13)CN(C)C(C)C2. The van der Waals surface area contributed by atoms with Gasteiger partial charge in [-0.05, 0) is 44.7 Å². The number of hydrogen-bond acceptors (Lipinski definition) is 1. The molecule has 0 amide bonds. The van der Waals surface area contributed by atoms with Gasteiger partial charge in [-0.2, -0.15) is 0 Å². The van der Waals surface area contributed by atoms with Crippen LogP contribution >= 0.6 is 11.6 Å². The number of aromatic nitrogens is 1. The topological polar surface area (TPSA) is 8.17 Å². The highest BCUT2D eigenvalue weighted by Crippen LogP contribution is 2.31. The van der Waals surface area contributed by atoms with Crippen molar-refractivity contribution in [1.29, 1.82) is 0 Å². The van der Waals surface area contributed by atoms with Crippen LogP contribution in [-0.2, 0) is 13.1 Å². The van der Waals surface area contributed by atoms with E-state index in [4.69, 9.17) is 11.6 Å². The molecule has 90 valence electrons. The molecule has 3 heteroatoms. The van der Waals surface area contributed by atoms with E-state index in [1.807, 2.05) is 6.07 Å². The molecule has 17 heavy (non-hydrogen) atoms. The molecule has 0 radical (unpaired) electrons. The number of benzene rings is 1. The zero-order valence-corrected chi connectivity index (χ0v) is 11.3. The summed E-state index contributed by atoms with van der Waals surface area (Å²) in [6.07, 6.45) is 1.12. The van der Waals surface area contributed by atoms with Crippen molar-refractivity contribution < 1.29 is 0 Å². The Hall–Kier alpha value is -0.990. The van der Waals surface area contributed by atoms with Crippen molar-refractivity contribution >= 4 is 22.5 Å². The fourth-order valence-corrected chi connectivity index (χ4v) is 2.94. The molecular weight excluding hydrogens is 232 g/mol. The van der Waals surface area contributed by atoms with Crippen LogP contribution < -0.4 is 0 Å². The van der Waals surface area contributed by atoms with Gasteiger partial charge >= 0.3 is 0 Å². The summed E-state index contributed by atoms with van der Waals surface area (Å²) in [4.78, 5) is 2.39. The molecule has 0 spiro atoms. The van der Waals surface area contributed by atoms with Crippen LogP contribution in [0.2, 0.25) is 5.02 Å². The van der Waals surface area contributed by atoms with E-state index in [0.717, 1.165) is 18.1 Å². The molecule has 1 atom stereocenters. The summed E-state index contributed by atoms with van der Waals surface area (Å²) in [5, 5.41) is 2.12. The minimum Gasteiger partial charge on any atom is -0.331 e. The number of nitrogens with zero attached hydrogens (tertiary/aromatic N) is 2. The van der Waals surface area contributed by atoms with Gasteiger partial charge < -0.3 is 4.57 Å². The summed E-state index contributed by atoms with van der Waals surface area (Å²) in [7, 11) is 2.19. The lowest BCUT2D eigenvalue weighted by Crippen LogP contribution is -2.38. The fraction of sp³-hybridized carbons (Fsp3) is 0.429. The first-order valence-electron chi connectivity index (χ1n) is 6.05. The molecule has 1 aromatic heterocycles. The molecule has 3 rings (SSSR count). The van der Waals surface area contributed by atoms with Crippen molar-refractivity contribution in [2.45, 2.75) is 33.0 Å². The van der Waals surface area contributed by atoms with E-state index >= 15 is 0 Å². The molecule has 0 saturated carbocycles. The number of fused-ring (bicyclic) bond motifs is 3. The molecule has 1 unspecified atom stereocenters. The molecule has 0 N–H and O–H groups in total. The summed E-state index contributed by atoms with van der Waals surface area (Å²) in [5.41, 5.74) is 4.16. The average Bonchev–Trinajstić information content (AvgIpc) is 2.54. The van der Waals surface area contributed by atoms with Gasteiger partial charge in [-0.1, -0.05) is 11.6 Å². The van der Waals surface area contributed by atoms with Crippen LogP contribution in [0.4, 0.5) is 0 Å². The predicted octanol–water partition coefficient (Wildman–Crippen LogP) is 3.44. The third-order valence-corrected chi connectivity index (χ3v) is 4.25. The Kier molecular flexibility index (Phi) is 2.46. The zero-order chi connectivity index (χ0) is 12.2. The minimum atomic E-state index is 0.612. The van der Waals surface area contributed by atoms with E-state index in [9.17, 15) is 0 Å². The Morgan fingerprint density at radius 2 is 2.12 bits per heavy atom. The minimum absolute atomic E-state index is 0.612. The van der Waals surface area contributed by atoms with E-state index in [1.165, 1.54) is 22.2 Å². The first-order valence-corrected chi connectivity index (χ1v) is 6.43. The highest BCUT2D eigenvalue weighted by molar-refractivity contribution is 6.31. The zero-order valence-electron chi connectivity index (χ0n) is 10.5. The fourth-order valence-electron chi connectivity index (χ4n) is 2.77. The van der Waals surface area contributed by atoms with Crippen LogP contribution in [0.15, 0.2) is 18.2 Å². The molecule has 0 fully saturated rings. The summed E-state index contributed by atoms with van der Waals surface area (Å²) in [6.45, 7) is 5.47. The van der Waals surface area contributed by atoms with Gasteiger partial charge in [0.05, 0.1) is 6.67 Å². The lowest BCUT2D eigenvalue weighted by molar-refractivity contribution is 0.177. The molecule has 1 aromatic carbocycles. The molecule has 0 bridgehead atoms. The van der Waals surface area contributed by atoms with Gasteiger partial charge in [0, 0.05) is 34.1 Å². The van der Waals surface area contributed by atoms with Crippen molar-refractivity contribution in [3.63, 3.8) is 0 Å². The van der Waals surface area contributed by atoms with Crippen molar-refractivity contribution in [1.82, 2.24) is 9.47 Å². The lowest BCUT2D eigenvalue weighted by Gasteiger charge is -2.32. The van der Waals surface area contributed by atoms with Gasteiger partial charge in [0.2, 0.25) is 0 Å². The first kappa shape index (κ1) is 11.1. The number of halogens is 1. The average molecular weight is 249 g/mol. The third-order valence-electron chi connectivity index (χ3n) is 4.02.